The summed E-state index contributed by atoms with van der Waals surface area (Å²) in [5.41, 5.74) is 0.812. The van der Waals surface area contributed by atoms with Crippen LogP contribution in [0.4, 0.5) is 13.6 Å². The summed E-state index contributed by atoms with van der Waals surface area (Å²) in [6.07, 6.45) is 1.41. The Hall–Kier alpha value is -1.91. The molecule has 1 aliphatic rings. The largest absolute Gasteiger partial charge is 0.444 e. The van der Waals surface area contributed by atoms with E-state index in [1.807, 2.05) is 6.08 Å². The Labute approximate surface area is 116 Å². The number of hydrogen-bond acceptors (Lipinski definition) is 2. The summed E-state index contributed by atoms with van der Waals surface area (Å²) in [6, 6.07) is 3.73. The Bertz CT molecular complexity index is 561. The quantitative estimate of drug-likeness (QED) is 0.787. The van der Waals surface area contributed by atoms with E-state index in [1.165, 1.54) is 11.0 Å². The fourth-order valence-corrected chi connectivity index (χ4v) is 1.93. The molecule has 0 bridgehead atoms. The number of ether oxygens (including phenoxy) is 1. The van der Waals surface area contributed by atoms with Gasteiger partial charge in [-0.2, -0.15) is 0 Å². The maximum absolute atomic E-state index is 13.2. The van der Waals surface area contributed by atoms with Gasteiger partial charge in [-0.1, -0.05) is 12.1 Å². The van der Waals surface area contributed by atoms with Crippen LogP contribution in [0.5, 0.6) is 0 Å². The van der Waals surface area contributed by atoms with Crippen molar-refractivity contribution in [3.8, 4) is 0 Å². The van der Waals surface area contributed by atoms with Gasteiger partial charge in [-0.15, -0.1) is 0 Å². The average molecular weight is 281 g/mol. The van der Waals surface area contributed by atoms with E-state index in [4.69, 9.17) is 4.74 Å². The maximum atomic E-state index is 13.2. The molecule has 20 heavy (non-hydrogen) atoms. The van der Waals surface area contributed by atoms with Crippen molar-refractivity contribution in [1.29, 1.82) is 0 Å². The highest BCUT2D eigenvalue weighted by atomic mass is 19.2. The highest BCUT2D eigenvalue weighted by molar-refractivity contribution is 5.77. The molecule has 0 unspecified atom stereocenters. The zero-order valence-corrected chi connectivity index (χ0v) is 11.7. The fourth-order valence-electron chi connectivity index (χ4n) is 1.93. The summed E-state index contributed by atoms with van der Waals surface area (Å²) in [6.45, 7) is 6.13. The number of hydrogen-bond donors (Lipinski definition) is 0. The number of rotatable bonds is 1. The van der Waals surface area contributed by atoms with Crippen LogP contribution in [0, 0.1) is 11.6 Å². The standard InChI is InChI=1S/C15H17F2NO2/c1-15(2,3)20-14(19)18-7-6-11(9-18)10-4-5-12(16)13(17)8-10/h4-6,8H,7,9H2,1-3H3. The normalized spacial score (nSPS) is 15.2. The lowest BCUT2D eigenvalue weighted by Crippen LogP contribution is -2.35. The van der Waals surface area contributed by atoms with Gasteiger partial charge in [0.25, 0.3) is 0 Å². The number of carbonyl (C=O) groups excluding carboxylic acids is 1. The van der Waals surface area contributed by atoms with E-state index < -0.39 is 23.3 Å². The minimum atomic E-state index is -0.890. The zero-order valence-electron chi connectivity index (χ0n) is 11.7. The number of halogens is 2. The van der Waals surface area contributed by atoms with Gasteiger partial charge >= 0.3 is 6.09 Å². The van der Waals surface area contributed by atoms with Gasteiger partial charge in [-0.05, 0) is 44.0 Å². The zero-order chi connectivity index (χ0) is 14.9. The Balaban J connectivity index is 2.04. The molecule has 0 spiro atoms. The van der Waals surface area contributed by atoms with Crippen LogP contribution in [-0.2, 0) is 4.74 Å². The molecule has 108 valence electrons. The topological polar surface area (TPSA) is 29.5 Å². The van der Waals surface area contributed by atoms with Gasteiger partial charge < -0.3 is 9.64 Å². The fraction of sp³-hybridized carbons (Fsp3) is 0.400. The Morgan fingerprint density at radius 1 is 1.25 bits per heavy atom. The molecule has 1 heterocycles. The second-order valence-corrected chi connectivity index (χ2v) is 5.72. The molecule has 0 aromatic heterocycles. The molecule has 3 nitrogen and oxygen atoms in total. The van der Waals surface area contributed by atoms with Crippen molar-refractivity contribution in [2.24, 2.45) is 0 Å². The first-order valence-corrected chi connectivity index (χ1v) is 6.38. The number of amides is 1. The minimum absolute atomic E-state index is 0.333. The predicted molar refractivity (Wildman–Crippen MR) is 72.1 cm³/mol. The molecule has 0 atom stereocenters. The third kappa shape index (κ3) is 3.35. The summed E-state index contributed by atoms with van der Waals surface area (Å²) in [5.74, 6) is -1.77. The van der Waals surface area contributed by atoms with Gasteiger partial charge in [0, 0.05) is 13.1 Å². The number of nitrogens with zero attached hydrogens (tertiary/aromatic N) is 1. The average Bonchev–Trinajstić information content (AvgIpc) is 2.80. The van der Waals surface area contributed by atoms with Crippen molar-refractivity contribution in [2.45, 2.75) is 26.4 Å². The van der Waals surface area contributed by atoms with E-state index in [9.17, 15) is 13.6 Å². The smallest absolute Gasteiger partial charge is 0.410 e. The highest BCUT2D eigenvalue weighted by Crippen LogP contribution is 2.24. The van der Waals surface area contributed by atoms with E-state index >= 15 is 0 Å². The first-order valence-electron chi connectivity index (χ1n) is 6.38. The van der Waals surface area contributed by atoms with Crippen LogP contribution in [0.1, 0.15) is 26.3 Å². The van der Waals surface area contributed by atoms with Crippen molar-refractivity contribution in [1.82, 2.24) is 4.90 Å². The van der Waals surface area contributed by atoms with Gasteiger partial charge in [0.15, 0.2) is 11.6 Å². The van der Waals surface area contributed by atoms with Crippen LogP contribution in [0.15, 0.2) is 24.3 Å². The molecule has 0 N–H and O–H groups in total. The first kappa shape index (κ1) is 14.5. The molecule has 0 radical (unpaired) electrons. The molecule has 5 heteroatoms. The van der Waals surface area contributed by atoms with Crippen LogP contribution in [0.3, 0.4) is 0 Å². The molecule has 1 aromatic rings. The lowest BCUT2D eigenvalue weighted by Gasteiger charge is -2.24. The van der Waals surface area contributed by atoms with E-state index in [-0.39, 0.29) is 0 Å². The van der Waals surface area contributed by atoms with Gasteiger partial charge in [0.05, 0.1) is 0 Å². The summed E-state index contributed by atoms with van der Waals surface area (Å²) >= 11 is 0. The second-order valence-electron chi connectivity index (χ2n) is 5.72. The number of carbonyl (C=O) groups is 1. The number of benzene rings is 1. The molecule has 0 fully saturated rings. The Kier molecular flexibility index (Phi) is 3.79. The summed E-state index contributed by atoms with van der Waals surface area (Å²) < 4.78 is 31.4. The molecule has 0 saturated heterocycles. The van der Waals surface area contributed by atoms with E-state index in [2.05, 4.69) is 0 Å². The molecular formula is C15H17F2NO2. The Morgan fingerprint density at radius 2 is 1.95 bits per heavy atom. The van der Waals surface area contributed by atoms with Crippen LogP contribution in [-0.4, -0.2) is 29.7 Å². The monoisotopic (exact) mass is 281 g/mol. The van der Waals surface area contributed by atoms with Crippen molar-refractivity contribution < 1.29 is 18.3 Å². The highest BCUT2D eigenvalue weighted by Gasteiger charge is 2.25. The molecule has 0 saturated carbocycles. The molecular weight excluding hydrogens is 264 g/mol. The summed E-state index contributed by atoms with van der Waals surface area (Å²) in [4.78, 5) is 13.4. The van der Waals surface area contributed by atoms with Gasteiger partial charge in [-0.3, -0.25) is 0 Å². The Morgan fingerprint density at radius 3 is 2.55 bits per heavy atom. The van der Waals surface area contributed by atoms with Crippen molar-refractivity contribution >= 4 is 11.7 Å². The third-order valence-electron chi connectivity index (χ3n) is 2.86. The first-order chi connectivity index (χ1) is 9.26. The van der Waals surface area contributed by atoms with Crippen LogP contribution in [0.2, 0.25) is 0 Å². The molecule has 0 aliphatic carbocycles. The van der Waals surface area contributed by atoms with Crippen LogP contribution < -0.4 is 0 Å². The van der Waals surface area contributed by atoms with E-state index in [1.54, 1.807) is 20.8 Å². The van der Waals surface area contributed by atoms with Crippen LogP contribution in [0.25, 0.3) is 5.57 Å². The van der Waals surface area contributed by atoms with Crippen LogP contribution >= 0.6 is 0 Å². The molecule has 2 rings (SSSR count). The van der Waals surface area contributed by atoms with Gasteiger partial charge in [0.1, 0.15) is 5.60 Å². The summed E-state index contributed by atoms with van der Waals surface area (Å²) in [5, 5.41) is 0. The van der Waals surface area contributed by atoms with Crippen molar-refractivity contribution in [2.75, 3.05) is 13.1 Å². The molecule has 1 amide bonds. The summed E-state index contributed by atoms with van der Waals surface area (Å²) in [7, 11) is 0. The lowest BCUT2D eigenvalue weighted by atomic mass is 10.1. The SMILES string of the molecule is CC(C)(C)OC(=O)N1CC=C(c2ccc(F)c(F)c2)C1. The lowest BCUT2D eigenvalue weighted by molar-refractivity contribution is 0.0306. The van der Waals surface area contributed by atoms with Crippen molar-refractivity contribution in [3.05, 3.63) is 41.5 Å². The van der Waals surface area contributed by atoms with E-state index in [0.29, 0.717) is 18.7 Å². The van der Waals surface area contributed by atoms with Gasteiger partial charge in [0.2, 0.25) is 0 Å². The molecule has 1 aromatic carbocycles. The maximum Gasteiger partial charge on any atom is 0.410 e. The molecule has 1 aliphatic heterocycles. The van der Waals surface area contributed by atoms with E-state index in [0.717, 1.165) is 17.7 Å². The minimum Gasteiger partial charge on any atom is -0.444 e. The van der Waals surface area contributed by atoms with Gasteiger partial charge in [-0.25, -0.2) is 13.6 Å². The third-order valence-corrected chi connectivity index (χ3v) is 2.86. The second kappa shape index (κ2) is 5.23. The predicted octanol–water partition coefficient (Wildman–Crippen LogP) is 3.60. The van der Waals surface area contributed by atoms with Crippen molar-refractivity contribution in [3.63, 3.8) is 0 Å².